The molecule has 20 heavy (non-hydrogen) atoms. The van der Waals surface area contributed by atoms with Gasteiger partial charge in [0, 0.05) is 11.6 Å². The van der Waals surface area contributed by atoms with Crippen LogP contribution in [-0.4, -0.2) is 23.1 Å². The second-order valence-corrected chi connectivity index (χ2v) is 3.98. The van der Waals surface area contributed by atoms with Crippen LogP contribution in [0.25, 0.3) is 0 Å². The maximum atomic E-state index is 12.0. The number of carbonyl (C=O) groups excluding carboxylic acids is 1. The highest BCUT2D eigenvalue weighted by atomic mass is 16.6. The molecule has 0 atom stereocenters. The minimum absolute atomic E-state index is 0.0135. The van der Waals surface area contributed by atoms with Crippen LogP contribution < -0.4 is 10.1 Å². The Kier molecular flexibility index (Phi) is 3.95. The van der Waals surface area contributed by atoms with Crippen LogP contribution >= 0.6 is 0 Å². The molecule has 1 amide bonds. The molecule has 2 aromatic carbocycles. The highest BCUT2D eigenvalue weighted by molar-refractivity contribution is 6.05. The van der Waals surface area contributed by atoms with E-state index in [2.05, 4.69) is 5.32 Å². The van der Waals surface area contributed by atoms with Gasteiger partial charge in [-0.25, -0.2) is 5.21 Å². The summed E-state index contributed by atoms with van der Waals surface area (Å²) < 4.78 is 5.08. The highest BCUT2D eigenvalue weighted by Gasteiger charge is 2.16. The van der Waals surface area contributed by atoms with Crippen molar-refractivity contribution in [2.45, 2.75) is 0 Å². The van der Waals surface area contributed by atoms with Crippen LogP contribution in [0.3, 0.4) is 0 Å². The maximum absolute atomic E-state index is 12.0. The van der Waals surface area contributed by atoms with E-state index in [9.17, 15) is 9.70 Å². The fourth-order valence-electron chi connectivity index (χ4n) is 1.69. The minimum atomic E-state index is -0.292. The lowest BCUT2D eigenvalue weighted by Gasteiger charge is -2.09. The molecule has 2 N–H and O–H groups in total. The van der Waals surface area contributed by atoms with E-state index in [-0.39, 0.29) is 22.3 Å². The largest absolute Gasteiger partial charge is 0.494 e. The molecule has 0 saturated heterocycles. The van der Waals surface area contributed by atoms with Crippen molar-refractivity contribution in [3.05, 3.63) is 59.0 Å². The van der Waals surface area contributed by atoms with Crippen LogP contribution in [0.5, 0.6) is 5.75 Å². The molecule has 6 heteroatoms. The Labute approximate surface area is 115 Å². The molecule has 0 fully saturated rings. The summed E-state index contributed by atoms with van der Waals surface area (Å²) in [6.07, 6.45) is 0. The molecule has 102 valence electrons. The first-order valence-corrected chi connectivity index (χ1v) is 5.82. The summed E-state index contributed by atoms with van der Waals surface area (Å²) in [5, 5.41) is 11.5. The molecule has 6 nitrogen and oxygen atoms in total. The normalized spacial score (nSPS) is 9.85. The van der Waals surface area contributed by atoms with Crippen molar-refractivity contribution in [1.29, 1.82) is 0 Å². The molecule has 0 bridgehead atoms. The first kappa shape index (κ1) is 13.5. The average Bonchev–Trinajstić information content (AvgIpc) is 2.48. The quantitative estimate of drug-likeness (QED) is 0.839. The maximum Gasteiger partial charge on any atom is 0.320 e. The smallest absolute Gasteiger partial charge is 0.320 e. The monoisotopic (exact) mass is 273 g/mol. The van der Waals surface area contributed by atoms with Crippen molar-refractivity contribution in [2.24, 2.45) is 0 Å². The van der Waals surface area contributed by atoms with Gasteiger partial charge in [-0.1, -0.05) is 18.2 Å². The summed E-state index contributed by atoms with van der Waals surface area (Å²) in [4.78, 5) is 22.5. The number of rotatable bonds is 4. The van der Waals surface area contributed by atoms with Crippen molar-refractivity contribution in [2.75, 3.05) is 12.4 Å². The van der Waals surface area contributed by atoms with E-state index in [0.717, 1.165) is 0 Å². The van der Waals surface area contributed by atoms with Gasteiger partial charge in [-0.3, -0.25) is 4.79 Å². The molecule has 0 aliphatic heterocycles. The molecule has 0 heterocycles. The molecule has 0 saturated carbocycles. The summed E-state index contributed by atoms with van der Waals surface area (Å²) in [6.45, 7) is 0. The molecule has 0 unspecified atom stereocenters. The van der Waals surface area contributed by atoms with Gasteiger partial charge in [0.05, 0.1) is 23.8 Å². The third-order valence-electron chi connectivity index (χ3n) is 2.69. The number of methoxy groups -OCH3 is 1. The van der Waals surface area contributed by atoms with Crippen LogP contribution in [0.2, 0.25) is 0 Å². The number of carbonyl (C=O) groups is 1. The van der Waals surface area contributed by atoms with Crippen molar-refractivity contribution in [1.82, 2.24) is 0 Å². The first-order chi connectivity index (χ1) is 9.61. The zero-order valence-corrected chi connectivity index (χ0v) is 10.7. The van der Waals surface area contributed by atoms with E-state index < -0.39 is 0 Å². The van der Waals surface area contributed by atoms with Crippen molar-refractivity contribution < 1.29 is 19.7 Å². The second kappa shape index (κ2) is 5.83. The highest BCUT2D eigenvalue weighted by Crippen LogP contribution is 2.29. The number of nitrogens with one attached hydrogen (secondary N) is 1. The number of benzene rings is 2. The van der Waals surface area contributed by atoms with Gasteiger partial charge in [0.15, 0.2) is 0 Å². The average molecular weight is 273 g/mol. The van der Waals surface area contributed by atoms with E-state index in [4.69, 9.17) is 9.94 Å². The lowest BCUT2D eigenvalue weighted by Crippen LogP contribution is -2.12. The van der Waals surface area contributed by atoms with Gasteiger partial charge in [-0.05, 0) is 18.2 Å². The van der Waals surface area contributed by atoms with Gasteiger partial charge in [0.25, 0.3) is 10.8 Å². The summed E-state index contributed by atoms with van der Waals surface area (Å²) in [5.41, 5.74) is 0.928. The fourth-order valence-corrected chi connectivity index (χ4v) is 1.69. The molecule has 0 aromatic heterocycles. The zero-order valence-electron chi connectivity index (χ0n) is 10.7. The molecular formula is C14H13N2O4+. The Hall–Kier alpha value is -2.89. The van der Waals surface area contributed by atoms with Crippen LogP contribution in [0.1, 0.15) is 10.4 Å². The minimum Gasteiger partial charge on any atom is -0.494 e. The molecule has 0 radical (unpaired) electrons. The molecule has 2 aromatic rings. The van der Waals surface area contributed by atoms with Crippen LogP contribution in [0, 0.1) is 4.91 Å². The van der Waals surface area contributed by atoms with Gasteiger partial charge < -0.3 is 10.1 Å². The summed E-state index contributed by atoms with van der Waals surface area (Å²) >= 11 is 0. The molecule has 0 aliphatic carbocycles. The zero-order chi connectivity index (χ0) is 14.5. The lowest BCUT2D eigenvalue weighted by atomic mass is 10.2. The Bertz CT molecular complexity index is 641. The second-order valence-electron chi connectivity index (χ2n) is 3.98. The van der Waals surface area contributed by atoms with Crippen molar-refractivity contribution in [3.63, 3.8) is 0 Å². The summed E-state index contributed by atoms with van der Waals surface area (Å²) in [7, 11) is 1.41. The lowest BCUT2D eigenvalue weighted by molar-refractivity contribution is -0.729. The van der Waals surface area contributed by atoms with E-state index in [1.54, 1.807) is 24.3 Å². The van der Waals surface area contributed by atoms with Crippen molar-refractivity contribution in [3.8, 4) is 5.75 Å². The fraction of sp³-hybridized carbons (Fsp3) is 0.0714. The van der Waals surface area contributed by atoms with E-state index in [1.165, 1.54) is 25.3 Å². The molecule has 2 rings (SSSR count). The van der Waals surface area contributed by atoms with Crippen LogP contribution in [0.4, 0.5) is 11.4 Å². The number of hydrogen-bond acceptors (Lipinski definition) is 3. The van der Waals surface area contributed by atoms with Gasteiger partial charge >= 0.3 is 5.69 Å². The van der Waals surface area contributed by atoms with Gasteiger partial charge in [-0.2, -0.15) is 0 Å². The Morgan fingerprint density at radius 3 is 2.50 bits per heavy atom. The molecule has 0 spiro atoms. The van der Waals surface area contributed by atoms with Crippen LogP contribution in [0.15, 0.2) is 48.5 Å². The predicted molar refractivity (Wildman–Crippen MR) is 72.5 cm³/mol. The first-order valence-electron chi connectivity index (χ1n) is 5.82. The van der Waals surface area contributed by atoms with E-state index in [0.29, 0.717) is 11.3 Å². The summed E-state index contributed by atoms with van der Waals surface area (Å²) in [5.74, 6) is -0.0127. The van der Waals surface area contributed by atoms with Crippen LogP contribution in [-0.2, 0) is 0 Å². The molecule has 0 aliphatic rings. The topological polar surface area (TPSA) is 78.6 Å². The van der Waals surface area contributed by atoms with E-state index in [1.807, 2.05) is 6.07 Å². The standard InChI is InChI=1S/C14H12N2O4/c1-20-13-9-11(16(18)19)7-8-12(13)15-14(17)10-5-3-2-4-6-10/h2-9H,1H3,(H-,15,17,18,19)/p+1. The predicted octanol–water partition coefficient (Wildman–Crippen LogP) is 2.75. The Morgan fingerprint density at radius 2 is 1.90 bits per heavy atom. The number of ether oxygens (including phenoxy) is 1. The summed E-state index contributed by atoms with van der Waals surface area (Å²) in [6, 6.07) is 12.9. The van der Waals surface area contributed by atoms with Crippen molar-refractivity contribution >= 4 is 17.3 Å². The third-order valence-corrected chi connectivity index (χ3v) is 2.69. The number of hydrogen-bond donors (Lipinski definition) is 2. The number of amides is 1. The third kappa shape index (κ3) is 2.92. The Balaban J connectivity index is 2.25. The number of anilines is 1. The number of nitrogens with zero attached hydrogens (tertiary/aromatic N) is 1. The molecular weight excluding hydrogens is 260 g/mol. The van der Waals surface area contributed by atoms with Gasteiger partial charge in [0.2, 0.25) is 0 Å². The van der Waals surface area contributed by atoms with Gasteiger partial charge in [-0.15, -0.1) is 0 Å². The SMILES string of the molecule is COc1cc([N+](=O)O)ccc1NC(=O)c1ccccc1. The Morgan fingerprint density at radius 1 is 1.20 bits per heavy atom. The van der Waals surface area contributed by atoms with E-state index >= 15 is 0 Å². The van der Waals surface area contributed by atoms with Gasteiger partial charge in [0.1, 0.15) is 5.75 Å².